The first-order chi connectivity index (χ1) is 6.75. The summed E-state index contributed by atoms with van der Waals surface area (Å²) >= 11 is 0. The van der Waals surface area contributed by atoms with E-state index < -0.39 is 0 Å². The molecule has 1 aromatic carbocycles. The van der Waals surface area contributed by atoms with Gasteiger partial charge in [-0.05, 0) is 32.1 Å². The molecule has 0 saturated heterocycles. The van der Waals surface area contributed by atoms with Crippen molar-refractivity contribution in [2.24, 2.45) is 0 Å². The maximum Gasteiger partial charge on any atom is 0.0405 e. The molecule has 14 heavy (non-hydrogen) atoms. The van der Waals surface area contributed by atoms with Gasteiger partial charge in [-0.1, -0.05) is 30.4 Å². The fourth-order valence-corrected chi connectivity index (χ4v) is 1.20. The van der Waals surface area contributed by atoms with Gasteiger partial charge in [0.15, 0.2) is 0 Å². The number of hydrogen-bond acceptors (Lipinski definition) is 1. The van der Waals surface area contributed by atoms with Crippen molar-refractivity contribution in [2.45, 2.75) is 13.8 Å². The van der Waals surface area contributed by atoms with Crippen LogP contribution in [0.2, 0.25) is 0 Å². The molecule has 0 aromatic heterocycles. The topological polar surface area (TPSA) is 3.24 Å². The second kappa shape index (κ2) is 5.28. The fourth-order valence-electron chi connectivity index (χ4n) is 1.20. The molecular formula is C13H17N. The molecule has 1 aromatic rings. The van der Waals surface area contributed by atoms with E-state index in [-0.39, 0.29) is 0 Å². The summed E-state index contributed by atoms with van der Waals surface area (Å²) in [4.78, 5) is 2.17. The van der Waals surface area contributed by atoms with Crippen LogP contribution >= 0.6 is 0 Å². The highest BCUT2D eigenvalue weighted by Crippen LogP contribution is 2.15. The van der Waals surface area contributed by atoms with Crippen molar-refractivity contribution in [3.8, 4) is 0 Å². The summed E-state index contributed by atoms with van der Waals surface area (Å²) in [6.07, 6.45) is 6.18. The lowest BCUT2D eigenvalue weighted by molar-refractivity contribution is 1.09. The molecule has 1 nitrogen and oxygen atoms in total. The molecule has 74 valence electrons. The number of para-hydroxylation sites is 1. The molecule has 0 atom stereocenters. The van der Waals surface area contributed by atoms with E-state index in [1.165, 1.54) is 11.4 Å². The summed E-state index contributed by atoms with van der Waals surface area (Å²) in [5, 5.41) is 0. The third kappa shape index (κ3) is 2.77. The van der Waals surface area contributed by atoms with Crippen LogP contribution in [-0.2, 0) is 0 Å². The maximum atomic E-state index is 2.17. The Hall–Kier alpha value is -1.50. The molecule has 0 aliphatic rings. The Morgan fingerprint density at radius 2 is 1.86 bits per heavy atom. The molecular weight excluding hydrogens is 170 g/mol. The van der Waals surface area contributed by atoms with E-state index in [9.17, 15) is 0 Å². The molecule has 1 rings (SSSR count). The minimum atomic E-state index is 1.21. The van der Waals surface area contributed by atoms with Crippen molar-refractivity contribution in [1.29, 1.82) is 0 Å². The number of rotatable bonds is 3. The average molecular weight is 187 g/mol. The van der Waals surface area contributed by atoms with Gasteiger partial charge in [0.05, 0.1) is 0 Å². The molecule has 0 N–H and O–H groups in total. The van der Waals surface area contributed by atoms with Gasteiger partial charge >= 0.3 is 0 Å². The highest BCUT2D eigenvalue weighted by atomic mass is 15.1. The van der Waals surface area contributed by atoms with Crippen LogP contribution in [0.4, 0.5) is 5.69 Å². The van der Waals surface area contributed by atoms with Crippen LogP contribution in [0.1, 0.15) is 13.8 Å². The first-order valence-corrected chi connectivity index (χ1v) is 4.84. The largest absolute Gasteiger partial charge is 0.348 e. The lowest BCUT2D eigenvalue weighted by Gasteiger charge is -2.19. The number of hydrogen-bond donors (Lipinski definition) is 0. The molecule has 0 fully saturated rings. The van der Waals surface area contributed by atoms with Crippen LogP contribution in [0, 0.1) is 0 Å². The van der Waals surface area contributed by atoms with Gasteiger partial charge in [-0.15, -0.1) is 0 Å². The first kappa shape index (κ1) is 10.6. The van der Waals surface area contributed by atoms with E-state index in [1.54, 1.807) is 0 Å². The zero-order chi connectivity index (χ0) is 10.4. The molecule has 0 unspecified atom stereocenters. The van der Waals surface area contributed by atoms with E-state index in [4.69, 9.17) is 0 Å². The van der Waals surface area contributed by atoms with Crippen molar-refractivity contribution >= 4 is 5.69 Å². The highest BCUT2D eigenvalue weighted by Gasteiger charge is 1.99. The lowest BCUT2D eigenvalue weighted by atomic mass is 10.2. The van der Waals surface area contributed by atoms with Crippen LogP contribution in [-0.4, -0.2) is 7.05 Å². The third-order valence-electron chi connectivity index (χ3n) is 2.20. The van der Waals surface area contributed by atoms with Crippen LogP contribution < -0.4 is 4.90 Å². The molecule has 0 bridgehead atoms. The van der Waals surface area contributed by atoms with Crippen LogP contribution in [0.15, 0.2) is 54.3 Å². The molecule has 0 saturated carbocycles. The second-order valence-corrected chi connectivity index (χ2v) is 3.23. The molecule has 0 radical (unpaired) electrons. The number of benzene rings is 1. The maximum absolute atomic E-state index is 2.17. The Labute approximate surface area is 86.4 Å². The van der Waals surface area contributed by atoms with E-state index in [2.05, 4.69) is 55.3 Å². The van der Waals surface area contributed by atoms with Gasteiger partial charge in [0.2, 0.25) is 0 Å². The van der Waals surface area contributed by atoms with Crippen molar-refractivity contribution < 1.29 is 0 Å². The lowest BCUT2D eigenvalue weighted by Crippen LogP contribution is -2.13. The van der Waals surface area contributed by atoms with Crippen molar-refractivity contribution in [3.05, 3.63) is 54.3 Å². The summed E-state index contributed by atoms with van der Waals surface area (Å²) in [6, 6.07) is 10.3. The van der Waals surface area contributed by atoms with Crippen molar-refractivity contribution in [3.63, 3.8) is 0 Å². The van der Waals surface area contributed by atoms with E-state index in [0.717, 1.165) is 0 Å². The van der Waals surface area contributed by atoms with E-state index >= 15 is 0 Å². The summed E-state index contributed by atoms with van der Waals surface area (Å²) in [5.41, 5.74) is 2.44. The zero-order valence-electron chi connectivity index (χ0n) is 9.07. The Morgan fingerprint density at radius 1 is 1.21 bits per heavy atom. The number of nitrogens with zero attached hydrogens (tertiary/aromatic N) is 1. The smallest absolute Gasteiger partial charge is 0.0405 e. The fraction of sp³-hybridized carbons (Fsp3) is 0.231. The molecule has 0 aliphatic heterocycles. The van der Waals surface area contributed by atoms with Crippen LogP contribution in [0.3, 0.4) is 0 Å². The SMILES string of the molecule is CC=CC=C(C)N(C)c1ccccc1. The van der Waals surface area contributed by atoms with Crippen LogP contribution in [0.25, 0.3) is 0 Å². The van der Waals surface area contributed by atoms with Gasteiger partial charge in [0, 0.05) is 18.4 Å². The van der Waals surface area contributed by atoms with Gasteiger partial charge in [-0.2, -0.15) is 0 Å². The zero-order valence-corrected chi connectivity index (χ0v) is 9.07. The Balaban J connectivity index is 2.80. The Morgan fingerprint density at radius 3 is 2.43 bits per heavy atom. The third-order valence-corrected chi connectivity index (χ3v) is 2.20. The summed E-state index contributed by atoms with van der Waals surface area (Å²) in [6.45, 7) is 4.12. The molecule has 0 aliphatic carbocycles. The molecule has 0 amide bonds. The van der Waals surface area contributed by atoms with Crippen molar-refractivity contribution in [1.82, 2.24) is 0 Å². The predicted molar refractivity (Wildman–Crippen MR) is 63.4 cm³/mol. The predicted octanol–water partition coefficient (Wildman–Crippen LogP) is 3.60. The van der Waals surface area contributed by atoms with Gasteiger partial charge in [0.25, 0.3) is 0 Å². The highest BCUT2D eigenvalue weighted by molar-refractivity contribution is 5.50. The summed E-state index contributed by atoms with van der Waals surface area (Å²) in [5.74, 6) is 0. The minimum Gasteiger partial charge on any atom is -0.348 e. The van der Waals surface area contributed by atoms with Crippen molar-refractivity contribution in [2.75, 3.05) is 11.9 Å². The monoisotopic (exact) mass is 187 g/mol. The summed E-state index contributed by atoms with van der Waals surface area (Å²) < 4.78 is 0. The van der Waals surface area contributed by atoms with E-state index in [0.29, 0.717) is 0 Å². The molecule has 1 heteroatoms. The van der Waals surface area contributed by atoms with Gasteiger partial charge in [-0.25, -0.2) is 0 Å². The van der Waals surface area contributed by atoms with Gasteiger partial charge in [0.1, 0.15) is 0 Å². The first-order valence-electron chi connectivity index (χ1n) is 4.84. The quantitative estimate of drug-likeness (QED) is 0.653. The second-order valence-electron chi connectivity index (χ2n) is 3.23. The Bertz CT molecular complexity index is 322. The van der Waals surface area contributed by atoms with Gasteiger partial charge in [-0.3, -0.25) is 0 Å². The minimum absolute atomic E-state index is 1.21. The summed E-state index contributed by atoms with van der Waals surface area (Å²) in [7, 11) is 2.07. The number of allylic oxidation sites excluding steroid dienone is 4. The van der Waals surface area contributed by atoms with E-state index in [1.807, 2.05) is 19.1 Å². The Kier molecular flexibility index (Phi) is 3.99. The standard InChI is InChI=1S/C13H17N/c1-4-5-9-12(2)14(3)13-10-7-6-8-11-13/h4-11H,1-3H3. The number of anilines is 1. The average Bonchev–Trinajstić information content (AvgIpc) is 2.26. The molecule has 0 heterocycles. The van der Waals surface area contributed by atoms with Gasteiger partial charge < -0.3 is 4.90 Å². The normalized spacial score (nSPS) is 12.1. The molecule has 0 spiro atoms. The van der Waals surface area contributed by atoms with Crippen LogP contribution in [0.5, 0.6) is 0 Å².